The molecule has 0 atom stereocenters. The Balaban J connectivity index is 1.83. The summed E-state index contributed by atoms with van der Waals surface area (Å²) in [5.74, 6) is 0. The highest BCUT2D eigenvalue weighted by Crippen LogP contribution is 2.13. The molecule has 15 heavy (non-hydrogen) atoms. The molecule has 0 radical (unpaired) electrons. The molecule has 3 heteroatoms. The smallest absolute Gasteiger partial charge is 0.0360 e. The zero-order valence-electron chi connectivity index (χ0n) is 8.44. The van der Waals surface area contributed by atoms with E-state index in [4.69, 9.17) is 5.73 Å². The first-order chi connectivity index (χ1) is 7.34. The van der Waals surface area contributed by atoms with Crippen molar-refractivity contribution in [3.05, 3.63) is 46.7 Å². The Labute approximate surface area is 93.7 Å². The van der Waals surface area contributed by atoms with Crippen LogP contribution in [0.1, 0.15) is 4.88 Å². The van der Waals surface area contributed by atoms with Crippen molar-refractivity contribution in [1.29, 1.82) is 0 Å². The Kier molecular flexibility index (Phi) is 3.25. The highest BCUT2D eigenvalue weighted by molar-refractivity contribution is 7.09. The van der Waals surface area contributed by atoms with Crippen LogP contribution in [0.3, 0.4) is 0 Å². The third kappa shape index (κ3) is 2.99. The van der Waals surface area contributed by atoms with Gasteiger partial charge in [0.05, 0.1) is 0 Å². The van der Waals surface area contributed by atoms with Crippen LogP contribution in [-0.2, 0) is 6.42 Å². The van der Waals surface area contributed by atoms with Crippen molar-refractivity contribution in [3.63, 3.8) is 0 Å². The maximum Gasteiger partial charge on any atom is 0.0360 e. The van der Waals surface area contributed by atoms with Gasteiger partial charge in [-0.25, -0.2) is 0 Å². The molecule has 2 nitrogen and oxygen atoms in total. The van der Waals surface area contributed by atoms with E-state index in [2.05, 4.69) is 22.8 Å². The van der Waals surface area contributed by atoms with Crippen molar-refractivity contribution < 1.29 is 0 Å². The molecule has 1 aromatic carbocycles. The number of rotatable bonds is 4. The van der Waals surface area contributed by atoms with Crippen LogP contribution in [0.5, 0.6) is 0 Å². The van der Waals surface area contributed by atoms with Gasteiger partial charge in [-0.2, -0.15) is 0 Å². The summed E-state index contributed by atoms with van der Waals surface area (Å²) in [5, 5.41) is 5.46. The summed E-state index contributed by atoms with van der Waals surface area (Å²) in [5.41, 5.74) is 7.58. The maximum absolute atomic E-state index is 5.69. The minimum Gasteiger partial charge on any atom is -0.399 e. The largest absolute Gasteiger partial charge is 0.399 e. The Morgan fingerprint density at radius 1 is 1.20 bits per heavy atom. The zero-order chi connectivity index (χ0) is 10.5. The van der Waals surface area contributed by atoms with E-state index < -0.39 is 0 Å². The minimum atomic E-state index is 0.802. The van der Waals surface area contributed by atoms with E-state index in [9.17, 15) is 0 Å². The number of thiophene rings is 1. The Morgan fingerprint density at radius 3 is 2.87 bits per heavy atom. The fourth-order valence-corrected chi connectivity index (χ4v) is 2.14. The van der Waals surface area contributed by atoms with E-state index in [-0.39, 0.29) is 0 Å². The summed E-state index contributed by atoms with van der Waals surface area (Å²) >= 11 is 1.80. The molecule has 0 aliphatic heterocycles. The molecule has 2 rings (SSSR count). The normalized spacial score (nSPS) is 10.1. The second-order valence-corrected chi connectivity index (χ2v) is 4.41. The lowest BCUT2D eigenvalue weighted by molar-refractivity contribution is 1.04. The number of hydrogen-bond acceptors (Lipinski definition) is 3. The van der Waals surface area contributed by atoms with Gasteiger partial charge in [0.15, 0.2) is 0 Å². The van der Waals surface area contributed by atoms with Crippen molar-refractivity contribution in [1.82, 2.24) is 0 Å². The van der Waals surface area contributed by atoms with Gasteiger partial charge in [0.25, 0.3) is 0 Å². The molecular formula is C12H14N2S. The van der Waals surface area contributed by atoms with Gasteiger partial charge in [0.1, 0.15) is 0 Å². The maximum atomic E-state index is 5.69. The summed E-state index contributed by atoms with van der Waals surface area (Å²) in [6.45, 7) is 0.948. The van der Waals surface area contributed by atoms with Crippen LogP contribution in [0.4, 0.5) is 11.4 Å². The second-order valence-electron chi connectivity index (χ2n) is 3.38. The van der Waals surface area contributed by atoms with Crippen LogP contribution in [0.25, 0.3) is 0 Å². The van der Waals surface area contributed by atoms with Crippen LogP contribution in [0.15, 0.2) is 41.8 Å². The van der Waals surface area contributed by atoms with Crippen LogP contribution in [0, 0.1) is 0 Å². The molecule has 0 fully saturated rings. The Bertz CT molecular complexity index is 409. The number of nitrogen functional groups attached to an aromatic ring is 1. The molecule has 3 N–H and O–H groups in total. The van der Waals surface area contributed by atoms with Crippen LogP contribution < -0.4 is 11.1 Å². The quantitative estimate of drug-likeness (QED) is 0.774. The summed E-state index contributed by atoms with van der Waals surface area (Å²) in [6, 6.07) is 12.1. The molecule has 0 unspecified atom stereocenters. The number of benzene rings is 1. The monoisotopic (exact) mass is 218 g/mol. The topological polar surface area (TPSA) is 38.0 Å². The minimum absolute atomic E-state index is 0.802. The Hall–Kier alpha value is -1.48. The molecule has 0 saturated carbocycles. The van der Waals surface area contributed by atoms with Crippen molar-refractivity contribution in [2.24, 2.45) is 0 Å². The van der Waals surface area contributed by atoms with Crippen molar-refractivity contribution in [3.8, 4) is 0 Å². The molecule has 78 valence electrons. The predicted octanol–water partition coefficient (Wildman–Crippen LogP) is 2.98. The van der Waals surface area contributed by atoms with Gasteiger partial charge in [0.2, 0.25) is 0 Å². The van der Waals surface area contributed by atoms with E-state index in [1.807, 2.05) is 24.3 Å². The molecule has 2 aromatic rings. The second kappa shape index (κ2) is 4.84. The van der Waals surface area contributed by atoms with E-state index in [0.717, 1.165) is 24.3 Å². The molecule has 0 bridgehead atoms. The average molecular weight is 218 g/mol. The first-order valence-electron chi connectivity index (χ1n) is 4.96. The molecule has 0 saturated heterocycles. The third-order valence-electron chi connectivity index (χ3n) is 2.17. The molecule has 0 aliphatic rings. The van der Waals surface area contributed by atoms with Gasteiger partial charge in [-0.15, -0.1) is 11.3 Å². The average Bonchev–Trinajstić information content (AvgIpc) is 2.71. The van der Waals surface area contributed by atoms with Gasteiger partial charge in [-0.05, 0) is 36.1 Å². The van der Waals surface area contributed by atoms with E-state index >= 15 is 0 Å². The summed E-state index contributed by atoms with van der Waals surface area (Å²) in [6.07, 6.45) is 1.06. The van der Waals surface area contributed by atoms with Gasteiger partial charge in [-0.1, -0.05) is 12.1 Å². The third-order valence-corrected chi connectivity index (χ3v) is 3.10. The zero-order valence-corrected chi connectivity index (χ0v) is 9.26. The van der Waals surface area contributed by atoms with Crippen molar-refractivity contribution in [2.45, 2.75) is 6.42 Å². The van der Waals surface area contributed by atoms with Gasteiger partial charge in [-0.3, -0.25) is 0 Å². The lowest BCUT2D eigenvalue weighted by atomic mass is 10.2. The van der Waals surface area contributed by atoms with Crippen molar-refractivity contribution >= 4 is 22.7 Å². The van der Waals surface area contributed by atoms with Crippen molar-refractivity contribution in [2.75, 3.05) is 17.6 Å². The molecule has 1 aromatic heterocycles. The van der Waals surface area contributed by atoms with Gasteiger partial charge in [0, 0.05) is 22.8 Å². The molecule has 0 spiro atoms. The fourth-order valence-electron chi connectivity index (χ4n) is 1.43. The number of nitrogens with two attached hydrogens (primary N) is 1. The summed E-state index contributed by atoms with van der Waals surface area (Å²) in [7, 11) is 0. The number of hydrogen-bond donors (Lipinski definition) is 2. The SMILES string of the molecule is Nc1cccc(NCCc2cccs2)c1. The first-order valence-corrected chi connectivity index (χ1v) is 5.84. The van der Waals surface area contributed by atoms with Gasteiger partial charge >= 0.3 is 0 Å². The molecule has 0 aliphatic carbocycles. The lowest BCUT2D eigenvalue weighted by Gasteiger charge is -2.05. The first kappa shape index (κ1) is 10.1. The van der Waals surface area contributed by atoms with Crippen LogP contribution >= 0.6 is 11.3 Å². The number of nitrogens with one attached hydrogen (secondary N) is 1. The standard InChI is InChI=1S/C12H14N2S/c13-10-3-1-4-11(9-10)14-7-6-12-5-2-8-15-12/h1-5,8-9,14H,6-7,13H2. The highest BCUT2D eigenvalue weighted by atomic mass is 32.1. The van der Waals surface area contributed by atoms with Crippen LogP contribution in [-0.4, -0.2) is 6.54 Å². The highest BCUT2D eigenvalue weighted by Gasteiger charge is 1.94. The molecule has 1 heterocycles. The number of anilines is 2. The fraction of sp³-hybridized carbons (Fsp3) is 0.167. The molecular weight excluding hydrogens is 204 g/mol. The van der Waals surface area contributed by atoms with Gasteiger partial charge < -0.3 is 11.1 Å². The van der Waals surface area contributed by atoms with E-state index in [1.54, 1.807) is 11.3 Å². The Morgan fingerprint density at radius 2 is 2.13 bits per heavy atom. The predicted molar refractivity (Wildman–Crippen MR) is 67.4 cm³/mol. The summed E-state index contributed by atoms with van der Waals surface area (Å²) < 4.78 is 0. The lowest BCUT2D eigenvalue weighted by Crippen LogP contribution is -2.03. The van der Waals surface area contributed by atoms with E-state index in [0.29, 0.717) is 0 Å². The molecule has 0 amide bonds. The summed E-state index contributed by atoms with van der Waals surface area (Å²) in [4.78, 5) is 1.41. The van der Waals surface area contributed by atoms with E-state index in [1.165, 1.54) is 4.88 Å². The van der Waals surface area contributed by atoms with Crippen LogP contribution in [0.2, 0.25) is 0 Å².